The monoisotopic (exact) mass is 554 g/mol. The Balaban J connectivity index is 1.80. The quantitative estimate of drug-likeness (QED) is 0.165. The van der Waals surface area contributed by atoms with Crippen LogP contribution in [0.4, 0.5) is 0 Å². The second-order valence-electron chi connectivity index (χ2n) is 10.5. The maximum Gasteiger partial charge on any atom is 0.119 e. The Hall–Kier alpha value is -3.64. The van der Waals surface area contributed by atoms with Crippen LogP contribution in [-0.4, -0.2) is 50.9 Å². The lowest BCUT2D eigenvalue weighted by Gasteiger charge is -2.39. The summed E-state index contributed by atoms with van der Waals surface area (Å²) < 4.78 is 18.1. The largest absolute Gasteiger partial charge is 0.497 e. The average molecular weight is 555 g/mol. The molecule has 2 N–H and O–H groups in total. The molecule has 0 aromatic heterocycles. The highest BCUT2D eigenvalue weighted by Crippen LogP contribution is 2.42. The SMILES string of the molecule is COc1cccc(C(CCCO)(COCC(CCCO)(c2ccccc2)c2cccc(OC)c2)c2ccccc2)c1. The van der Waals surface area contributed by atoms with Crippen LogP contribution in [0.15, 0.2) is 109 Å². The molecule has 4 rings (SSSR count). The van der Waals surface area contributed by atoms with Crippen molar-refractivity contribution in [1.29, 1.82) is 0 Å². The minimum atomic E-state index is -0.508. The highest BCUT2D eigenvalue weighted by atomic mass is 16.5. The maximum absolute atomic E-state index is 9.92. The molecular weight excluding hydrogens is 512 g/mol. The third-order valence-corrected chi connectivity index (χ3v) is 8.12. The van der Waals surface area contributed by atoms with Crippen molar-refractivity contribution in [1.82, 2.24) is 0 Å². The van der Waals surface area contributed by atoms with E-state index in [2.05, 4.69) is 72.8 Å². The first-order valence-corrected chi connectivity index (χ1v) is 14.3. The molecule has 0 bridgehead atoms. The van der Waals surface area contributed by atoms with Crippen LogP contribution < -0.4 is 9.47 Å². The third kappa shape index (κ3) is 6.99. The van der Waals surface area contributed by atoms with Crippen molar-refractivity contribution in [2.24, 2.45) is 0 Å². The predicted molar refractivity (Wildman–Crippen MR) is 164 cm³/mol. The topological polar surface area (TPSA) is 68.2 Å². The van der Waals surface area contributed by atoms with E-state index < -0.39 is 10.8 Å². The second kappa shape index (κ2) is 14.8. The number of hydrogen-bond donors (Lipinski definition) is 2. The summed E-state index contributed by atoms with van der Waals surface area (Å²) in [5.41, 5.74) is 3.41. The fourth-order valence-corrected chi connectivity index (χ4v) is 5.91. The van der Waals surface area contributed by atoms with Gasteiger partial charge in [0.2, 0.25) is 0 Å². The van der Waals surface area contributed by atoms with Crippen molar-refractivity contribution in [2.75, 3.05) is 40.6 Å². The molecule has 216 valence electrons. The van der Waals surface area contributed by atoms with Gasteiger partial charge in [0.05, 0.1) is 27.4 Å². The first kappa shape index (κ1) is 30.3. The Labute approximate surface area is 244 Å². The molecule has 5 nitrogen and oxygen atoms in total. The summed E-state index contributed by atoms with van der Waals surface area (Å²) in [5, 5.41) is 19.8. The molecule has 41 heavy (non-hydrogen) atoms. The van der Waals surface area contributed by atoms with E-state index in [9.17, 15) is 10.2 Å². The van der Waals surface area contributed by atoms with Crippen molar-refractivity contribution >= 4 is 0 Å². The van der Waals surface area contributed by atoms with Gasteiger partial charge in [-0.1, -0.05) is 84.9 Å². The van der Waals surface area contributed by atoms with E-state index in [4.69, 9.17) is 14.2 Å². The van der Waals surface area contributed by atoms with Crippen LogP contribution in [0.25, 0.3) is 0 Å². The zero-order valence-corrected chi connectivity index (χ0v) is 24.2. The van der Waals surface area contributed by atoms with Crippen molar-refractivity contribution in [3.8, 4) is 11.5 Å². The van der Waals surface area contributed by atoms with Gasteiger partial charge in [0.1, 0.15) is 11.5 Å². The zero-order valence-electron chi connectivity index (χ0n) is 24.2. The van der Waals surface area contributed by atoms with Crippen LogP contribution in [0.1, 0.15) is 47.9 Å². The first-order valence-electron chi connectivity index (χ1n) is 14.3. The van der Waals surface area contributed by atoms with Gasteiger partial charge in [-0.3, -0.25) is 0 Å². The van der Waals surface area contributed by atoms with Crippen LogP contribution in [0.3, 0.4) is 0 Å². The van der Waals surface area contributed by atoms with E-state index in [1.54, 1.807) is 14.2 Å². The standard InChI is InChI=1S/C36H42O5/c1-39-33-19-9-17-31(25-33)35(21-11-23-37,29-13-5-3-6-14-29)27-41-28-36(22-12-24-38,30-15-7-4-8-16-30)32-18-10-20-34(26-32)40-2/h3-10,13-20,25-26,37-38H,11-12,21-24,27-28H2,1-2H3. The normalized spacial score (nSPS) is 14.1. The molecule has 4 aromatic carbocycles. The molecule has 0 aliphatic carbocycles. The number of aliphatic hydroxyl groups excluding tert-OH is 2. The number of rotatable bonds is 16. The van der Waals surface area contributed by atoms with E-state index in [0.717, 1.165) is 33.8 Å². The van der Waals surface area contributed by atoms with Crippen molar-refractivity contribution in [3.05, 3.63) is 131 Å². The van der Waals surface area contributed by atoms with Gasteiger partial charge in [-0.15, -0.1) is 0 Å². The fourth-order valence-electron chi connectivity index (χ4n) is 5.91. The number of ether oxygens (including phenoxy) is 3. The van der Waals surface area contributed by atoms with Crippen LogP contribution in [0.5, 0.6) is 11.5 Å². The molecule has 0 fully saturated rings. The summed E-state index contributed by atoms with van der Waals surface area (Å²) >= 11 is 0. The van der Waals surface area contributed by atoms with Gasteiger partial charge in [0.25, 0.3) is 0 Å². The minimum Gasteiger partial charge on any atom is -0.497 e. The van der Waals surface area contributed by atoms with Crippen molar-refractivity contribution < 1.29 is 24.4 Å². The van der Waals surface area contributed by atoms with Gasteiger partial charge < -0.3 is 24.4 Å². The molecule has 0 aliphatic rings. The summed E-state index contributed by atoms with van der Waals surface area (Å²) in [6, 6.07) is 37.1. The number of methoxy groups -OCH3 is 2. The molecule has 0 radical (unpaired) electrons. The Morgan fingerprint density at radius 3 is 1.27 bits per heavy atom. The van der Waals surface area contributed by atoms with E-state index in [1.807, 2.05) is 36.4 Å². The van der Waals surface area contributed by atoms with Gasteiger partial charge in [-0.25, -0.2) is 0 Å². The molecule has 2 atom stereocenters. The van der Waals surface area contributed by atoms with E-state index >= 15 is 0 Å². The number of aliphatic hydroxyl groups is 2. The molecule has 0 saturated heterocycles. The molecule has 0 spiro atoms. The Morgan fingerprint density at radius 1 is 0.512 bits per heavy atom. The Kier molecular flexibility index (Phi) is 11.0. The lowest BCUT2D eigenvalue weighted by Crippen LogP contribution is -2.39. The Bertz CT molecular complexity index is 1220. The molecule has 0 aliphatic heterocycles. The van der Waals surface area contributed by atoms with Crippen molar-refractivity contribution in [2.45, 2.75) is 36.5 Å². The third-order valence-electron chi connectivity index (χ3n) is 8.12. The molecule has 0 saturated carbocycles. The van der Waals surface area contributed by atoms with E-state index in [-0.39, 0.29) is 13.2 Å². The minimum absolute atomic E-state index is 0.0901. The molecule has 0 amide bonds. The van der Waals surface area contributed by atoms with Crippen LogP contribution >= 0.6 is 0 Å². The Morgan fingerprint density at radius 2 is 0.902 bits per heavy atom. The van der Waals surface area contributed by atoms with E-state index in [0.29, 0.717) is 38.9 Å². The number of benzene rings is 4. The molecule has 2 unspecified atom stereocenters. The van der Waals surface area contributed by atoms with Gasteiger partial charge >= 0.3 is 0 Å². The van der Waals surface area contributed by atoms with Gasteiger partial charge in [-0.05, 0) is 72.2 Å². The van der Waals surface area contributed by atoms with Crippen LogP contribution in [0.2, 0.25) is 0 Å². The van der Waals surface area contributed by atoms with Crippen LogP contribution in [-0.2, 0) is 15.6 Å². The molecule has 0 heterocycles. The predicted octanol–water partition coefficient (Wildman–Crippen LogP) is 6.54. The lowest BCUT2D eigenvalue weighted by molar-refractivity contribution is 0.0561. The van der Waals surface area contributed by atoms with E-state index in [1.165, 1.54) is 0 Å². The smallest absolute Gasteiger partial charge is 0.119 e. The molecule has 4 aromatic rings. The summed E-state index contributed by atoms with van der Waals surface area (Å²) in [6.45, 7) is 0.989. The number of hydrogen-bond acceptors (Lipinski definition) is 5. The summed E-state index contributed by atoms with van der Waals surface area (Å²) in [4.78, 5) is 0. The van der Waals surface area contributed by atoms with Gasteiger partial charge in [-0.2, -0.15) is 0 Å². The second-order valence-corrected chi connectivity index (χ2v) is 10.5. The van der Waals surface area contributed by atoms with Gasteiger partial charge in [0.15, 0.2) is 0 Å². The first-order chi connectivity index (χ1) is 20.1. The zero-order chi connectivity index (χ0) is 29.0. The maximum atomic E-state index is 9.92. The lowest BCUT2D eigenvalue weighted by atomic mass is 9.70. The summed E-state index contributed by atoms with van der Waals surface area (Å²) in [7, 11) is 3.36. The van der Waals surface area contributed by atoms with Crippen molar-refractivity contribution in [3.63, 3.8) is 0 Å². The molecule has 5 heteroatoms. The average Bonchev–Trinajstić information content (AvgIpc) is 3.05. The molecular formula is C36H42O5. The van der Waals surface area contributed by atoms with Crippen LogP contribution in [0, 0.1) is 0 Å². The summed E-state index contributed by atoms with van der Waals surface area (Å²) in [5.74, 6) is 1.56. The summed E-state index contributed by atoms with van der Waals surface area (Å²) in [6.07, 6.45) is 2.66. The highest BCUT2D eigenvalue weighted by molar-refractivity contribution is 5.45. The highest BCUT2D eigenvalue weighted by Gasteiger charge is 2.38. The van der Waals surface area contributed by atoms with Gasteiger partial charge in [0, 0.05) is 24.0 Å². The fraction of sp³-hybridized carbons (Fsp3) is 0.333.